The van der Waals surface area contributed by atoms with Crippen molar-refractivity contribution in [3.63, 3.8) is 0 Å². The standard InChI is InChI=1S/C17H25N3O/c1-19(2)9-16-7-17(13-21)12-20(11-16)10-15-5-3-4-14(6-15)8-18/h3-6,16-17,21H,7,9-13H2,1-2H3/t16-,17+/m1/s1. The first-order valence-electron chi connectivity index (χ1n) is 7.57. The van der Waals surface area contributed by atoms with Gasteiger partial charge in [-0.05, 0) is 50.0 Å². The van der Waals surface area contributed by atoms with Gasteiger partial charge in [-0.25, -0.2) is 0 Å². The summed E-state index contributed by atoms with van der Waals surface area (Å²) in [4.78, 5) is 4.63. The summed E-state index contributed by atoms with van der Waals surface area (Å²) < 4.78 is 0. The molecule has 1 saturated heterocycles. The van der Waals surface area contributed by atoms with Gasteiger partial charge in [0.25, 0.3) is 0 Å². The Bertz CT molecular complexity index is 495. The van der Waals surface area contributed by atoms with Crippen molar-refractivity contribution in [2.45, 2.75) is 13.0 Å². The van der Waals surface area contributed by atoms with Crippen molar-refractivity contribution in [2.24, 2.45) is 11.8 Å². The summed E-state index contributed by atoms with van der Waals surface area (Å²) in [5, 5.41) is 18.5. The molecule has 1 fully saturated rings. The van der Waals surface area contributed by atoms with Crippen LogP contribution in [-0.4, -0.2) is 55.2 Å². The van der Waals surface area contributed by atoms with Crippen LogP contribution in [0.5, 0.6) is 0 Å². The molecule has 1 aliphatic heterocycles. The minimum atomic E-state index is 0.263. The number of likely N-dealkylation sites (tertiary alicyclic amines) is 1. The summed E-state index contributed by atoms with van der Waals surface area (Å²) in [7, 11) is 4.20. The molecule has 4 nitrogen and oxygen atoms in total. The van der Waals surface area contributed by atoms with Gasteiger partial charge in [0.05, 0.1) is 11.6 Å². The zero-order chi connectivity index (χ0) is 15.2. The highest BCUT2D eigenvalue weighted by Gasteiger charge is 2.27. The Morgan fingerprint density at radius 2 is 2.10 bits per heavy atom. The lowest BCUT2D eigenvalue weighted by molar-refractivity contribution is 0.0692. The molecule has 0 aliphatic carbocycles. The molecule has 0 aromatic heterocycles. The molecule has 1 aromatic carbocycles. The Morgan fingerprint density at radius 1 is 1.33 bits per heavy atom. The van der Waals surface area contributed by atoms with Crippen molar-refractivity contribution >= 4 is 0 Å². The van der Waals surface area contributed by atoms with E-state index in [1.54, 1.807) is 0 Å². The van der Waals surface area contributed by atoms with E-state index in [1.165, 1.54) is 5.56 Å². The van der Waals surface area contributed by atoms with Crippen molar-refractivity contribution in [2.75, 3.05) is 40.3 Å². The highest BCUT2D eigenvalue weighted by Crippen LogP contribution is 2.23. The summed E-state index contributed by atoms with van der Waals surface area (Å²) in [5.41, 5.74) is 1.89. The number of nitrogens with zero attached hydrogens (tertiary/aromatic N) is 3. The Morgan fingerprint density at radius 3 is 2.76 bits per heavy atom. The maximum Gasteiger partial charge on any atom is 0.0991 e. The molecular weight excluding hydrogens is 262 g/mol. The van der Waals surface area contributed by atoms with Crippen molar-refractivity contribution in [1.29, 1.82) is 5.26 Å². The average molecular weight is 287 g/mol. The average Bonchev–Trinajstić information content (AvgIpc) is 2.46. The van der Waals surface area contributed by atoms with Crippen molar-refractivity contribution in [3.05, 3.63) is 35.4 Å². The summed E-state index contributed by atoms with van der Waals surface area (Å²) in [5.74, 6) is 0.966. The maximum atomic E-state index is 9.53. The third kappa shape index (κ3) is 4.82. The van der Waals surface area contributed by atoms with Crippen LogP contribution in [0.4, 0.5) is 0 Å². The quantitative estimate of drug-likeness (QED) is 0.893. The molecule has 0 amide bonds. The van der Waals surface area contributed by atoms with E-state index < -0.39 is 0 Å². The van der Waals surface area contributed by atoms with Gasteiger partial charge in [0.1, 0.15) is 0 Å². The summed E-state index contributed by atoms with van der Waals surface area (Å²) in [6.45, 7) is 4.18. The van der Waals surface area contributed by atoms with Gasteiger partial charge in [-0.1, -0.05) is 12.1 Å². The molecule has 1 aliphatic rings. The molecule has 1 aromatic rings. The smallest absolute Gasteiger partial charge is 0.0991 e. The minimum Gasteiger partial charge on any atom is -0.396 e. The van der Waals surface area contributed by atoms with Crippen LogP contribution in [0.3, 0.4) is 0 Å². The highest BCUT2D eigenvalue weighted by atomic mass is 16.3. The Kier molecular flexibility index (Phi) is 5.75. The molecule has 1 heterocycles. The minimum absolute atomic E-state index is 0.263. The van der Waals surface area contributed by atoms with Crippen molar-refractivity contribution in [3.8, 4) is 6.07 Å². The predicted octanol–water partition coefficient (Wildman–Crippen LogP) is 1.55. The van der Waals surface area contributed by atoms with Gasteiger partial charge in [-0.2, -0.15) is 5.26 Å². The van der Waals surface area contributed by atoms with Gasteiger partial charge in [0.15, 0.2) is 0 Å². The molecule has 114 valence electrons. The topological polar surface area (TPSA) is 50.5 Å². The van der Waals surface area contributed by atoms with E-state index in [-0.39, 0.29) is 6.61 Å². The SMILES string of the molecule is CN(C)C[C@H]1C[C@H](CO)CN(Cc2cccc(C#N)c2)C1. The zero-order valence-electron chi connectivity index (χ0n) is 13.0. The van der Waals surface area contributed by atoms with E-state index >= 15 is 0 Å². The Labute approximate surface area is 127 Å². The summed E-state index contributed by atoms with van der Waals surface area (Å²) in [6.07, 6.45) is 1.10. The van der Waals surface area contributed by atoms with Crippen molar-refractivity contribution in [1.82, 2.24) is 9.80 Å². The third-order valence-corrected chi connectivity index (χ3v) is 4.04. The largest absolute Gasteiger partial charge is 0.396 e. The van der Waals surface area contributed by atoms with E-state index in [1.807, 2.05) is 18.2 Å². The van der Waals surface area contributed by atoms with Crippen LogP contribution in [0.1, 0.15) is 17.5 Å². The van der Waals surface area contributed by atoms with Crippen LogP contribution in [0, 0.1) is 23.2 Å². The van der Waals surface area contributed by atoms with Crippen LogP contribution < -0.4 is 0 Å². The first kappa shape index (κ1) is 16.0. The monoisotopic (exact) mass is 287 g/mol. The van der Waals surface area contributed by atoms with Gasteiger partial charge in [0.2, 0.25) is 0 Å². The molecule has 21 heavy (non-hydrogen) atoms. The lowest BCUT2D eigenvalue weighted by Gasteiger charge is -2.38. The number of nitriles is 1. The fraction of sp³-hybridized carbons (Fsp3) is 0.588. The Balaban J connectivity index is 2.02. The van der Waals surface area contributed by atoms with Crippen LogP contribution in [0.15, 0.2) is 24.3 Å². The fourth-order valence-corrected chi connectivity index (χ4v) is 3.33. The van der Waals surface area contributed by atoms with Crippen LogP contribution in [0.2, 0.25) is 0 Å². The summed E-state index contributed by atoms with van der Waals surface area (Å²) in [6, 6.07) is 10.0. The second-order valence-corrected chi connectivity index (χ2v) is 6.42. The lowest BCUT2D eigenvalue weighted by atomic mass is 9.89. The van der Waals surface area contributed by atoms with E-state index in [4.69, 9.17) is 5.26 Å². The van der Waals surface area contributed by atoms with E-state index in [0.29, 0.717) is 17.4 Å². The first-order chi connectivity index (χ1) is 10.1. The molecule has 2 atom stereocenters. The van der Waals surface area contributed by atoms with Crippen molar-refractivity contribution < 1.29 is 5.11 Å². The van der Waals surface area contributed by atoms with E-state index in [9.17, 15) is 5.11 Å². The molecule has 0 radical (unpaired) electrons. The second kappa shape index (κ2) is 7.56. The molecule has 0 spiro atoms. The number of piperidine rings is 1. The zero-order valence-corrected chi connectivity index (χ0v) is 13.0. The van der Waals surface area contributed by atoms with Gasteiger partial charge in [-0.15, -0.1) is 0 Å². The Hall–Kier alpha value is -1.41. The first-order valence-corrected chi connectivity index (χ1v) is 7.57. The second-order valence-electron chi connectivity index (χ2n) is 6.42. The normalized spacial score (nSPS) is 23.2. The predicted molar refractivity (Wildman–Crippen MR) is 83.7 cm³/mol. The maximum absolute atomic E-state index is 9.53. The van der Waals surface area contributed by atoms with Gasteiger partial charge < -0.3 is 10.0 Å². The van der Waals surface area contributed by atoms with Crippen LogP contribution >= 0.6 is 0 Å². The molecular formula is C17H25N3O. The number of aliphatic hydroxyl groups is 1. The molecule has 0 bridgehead atoms. The van der Waals surface area contributed by atoms with Gasteiger partial charge in [-0.3, -0.25) is 4.90 Å². The number of rotatable bonds is 5. The fourth-order valence-electron chi connectivity index (χ4n) is 3.33. The van der Waals surface area contributed by atoms with E-state index in [0.717, 1.165) is 32.6 Å². The summed E-state index contributed by atoms with van der Waals surface area (Å²) >= 11 is 0. The van der Waals surface area contributed by atoms with Gasteiger partial charge >= 0.3 is 0 Å². The third-order valence-electron chi connectivity index (χ3n) is 4.04. The van der Waals surface area contributed by atoms with Crippen LogP contribution in [-0.2, 0) is 6.54 Å². The number of hydrogen-bond acceptors (Lipinski definition) is 4. The lowest BCUT2D eigenvalue weighted by Crippen LogP contribution is -2.44. The number of aliphatic hydroxyl groups excluding tert-OH is 1. The van der Waals surface area contributed by atoms with E-state index in [2.05, 4.69) is 36.0 Å². The molecule has 0 unspecified atom stereocenters. The molecule has 4 heteroatoms. The number of hydrogen-bond donors (Lipinski definition) is 1. The molecule has 2 rings (SSSR count). The highest BCUT2D eigenvalue weighted by molar-refractivity contribution is 5.32. The van der Waals surface area contributed by atoms with Gasteiger partial charge in [0, 0.05) is 32.8 Å². The molecule has 0 saturated carbocycles. The molecule has 1 N–H and O–H groups in total. The van der Waals surface area contributed by atoms with Crippen LogP contribution in [0.25, 0.3) is 0 Å². The number of benzene rings is 1.